The number of nitrogens with one attached hydrogen (secondary N) is 1. The van der Waals surface area contributed by atoms with Crippen LogP contribution in [0.25, 0.3) is 0 Å². The summed E-state index contributed by atoms with van der Waals surface area (Å²) in [5.41, 5.74) is -0.345. The van der Waals surface area contributed by atoms with Gasteiger partial charge in [-0.1, -0.05) is 0 Å². The van der Waals surface area contributed by atoms with E-state index in [2.05, 4.69) is 21.2 Å². The molecule has 6 nitrogen and oxygen atoms in total. The Labute approximate surface area is 110 Å². The third-order valence-electron chi connectivity index (χ3n) is 2.61. The molecule has 1 saturated heterocycles. The van der Waals surface area contributed by atoms with Crippen molar-refractivity contribution >= 4 is 21.6 Å². The Bertz CT molecular complexity index is 485. The van der Waals surface area contributed by atoms with Crippen molar-refractivity contribution in [2.45, 2.75) is 12.2 Å². The van der Waals surface area contributed by atoms with Crippen molar-refractivity contribution in [2.75, 3.05) is 13.1 Å². The van der Waals surface area contributed by atoms with Crippen LogP contribution < -0.4 is 10.1 Å². The van der Waals surface area contributed by atoms with Crippen LogP contribution in [-0.4, -0.2) is 35.3 Å². The molecule has 2 atom stereocenters. The van der Waals surface area contributed by atoms with Crippen molar-refractivity contribution in [2.24, 2.45) is 0 Å². The van der Waals surface area contributed by atoms with Crippen LogP contribution in [0.1, 0.15) is 0 Å². The minimum absolute atomic E-state index is 0.00774. The lowest BCUT2D eigenvalue weighted by Gasteiger charge is -2.16. The maximum Gasteiger partial charge on any atom is 0.312 e. The van der Waals surface area contributed by atoms with E-state index in [-0.39, 0.29) is 15.9 Å². The van der Waals surface area contributed by atoms with Crippen LogP contribution in [0.2, 0.25) is 0 Å². The number of aliphatic hydroxyl groups is 1. The van der Waals surface area contributed by atoms with Crippen molar-refractivity contribution in [1.29, 1.82) is 0 Å². The zero-order valence-electron chi connectivity index (χ0n) is 9.10. The fourth-order valence-electron chi connectivity index (χ4n) is 1.68. The Morgan fingerprint density at radius 2 is 2.28 bits per heavy atom. The fraction of sp³-hybridized carbons (Fsp3) is 0.400. The van der Waals surface area contributed by atoms with Crippen LogP contribution in [0.15, 0.2) is 16.6 Å². The van der Waals surface area contributed by atoms with E-state index in [1.807, 2.05) is 0 Å². The molecule has 0 saturated carbocycles. The molecule has 1 aromatic carbocycles. The molecule has 0 bridgehead atoms. The largest absolute Gasteiger partial charge is 0.479 e. The highest BCUT2D eigenvalue weighted by Crippen LogP contribution is 2.33. The number of nitro benzene ring substituents is 1. The molecule has 2 unspecified atom stereocenters. The summed E-state index contributed by atoms with van der Waals surface area (Å²) in [6.07, 6.45) is -1.39. The lowest BCUT2D eigenvalue weighted by Crippen LogP contribution is -2.30. The smallest absolute Gasteiger partial charge is 0.312 e. The second-order valence-corrected chi connectivity index (χ2v) is 4.73. The first-order valence-corrected chi connectivity index (χ1v) is 5.97. The second kappa shape index (κ2) is 5.17. The predicted octanol–water partition coefficient (Wildman–Crippen LogP) is 1.21. The van der Waals surface area contributed by atoms with Gasteiger partial charge in [0.15, 0.2) is 0 Å². The van der Waals surface area contributed by atoms with E-state index in [4.69, 9.17) is 4.74 Å². The highest BCUT2D eigenvalue weighted by molar-refractivity contribution is 9.10. The molecule has 1 aromatic rings. The molecule has 0 radical (unpaired) electrons. The molecule has 0 spiro atoms. The monoisotopic (exact) mass is 320 g/mol. The van der Waals surface area contributed by atoms with Crippen molar-refractivity contribution in [3.63, 3.8) is 0 Å². The molecule has 1 aliphatic heterocycles. The number of hydrogen-bond acceptors (Lipinski definition) is 5. The summed E-state index contributed by atoms with van der Waals surface area (Å²) in [5.74, 6) is -0.843. The molecule has 2 rings (SSSR count). The van der Waals surface area contributed by atoms with Gasteiger partial charge in [0.2, 0.25) is 5.75 Å². The summed E-state index contributed by atoms with van der Waals surface area (Å²) in [6, 6.07) is 1.98. The summed E-state index contributed by atoms with van der Waals surface area (Å²) >= 11 is 2.88. The number of β-amino-alcohol motifs (C(OH)–C–C–N with tert-alkyl or cyclic N) is 1. The minimum atomic E-state index is -0.767. The molecule has 0 amide bonds. The highest BCUT2D eigenvalue weighted by atomic mass is 79.9. The minimum Gasteiger partial charge on any atom is -0.479 e. The number of nitrogens with zero attached hydrogens (tertiary/aromatic N) is 1. The van der Waals surface area contributed by atoms with Crippen LogP contribution in [0.5, 0.6) is 5.75 Å². The number of hydrogen-bond donors (Lipinski definition) is 2. The average Bonchev–Trinajstić information content (AvgIpc) is 2.69. The molecule has 1 aliphatic rings. The average molecular weight is 321 g/mol. The van der Waals surface area contributed by atoms with E-state index < -0.39 is 22.9 Å². The summed E-state index contributed by atoms with van der Waals surface area (Å²) in [7, 11) is 0. The first kappa shape index (κ1) is 13.2. The quantitative estimate of drug-likeness (QED) is 0.646. The number of rotatable bonds is 3. The predicted molar refractivity (Wildman–Crippen MR) is 64.0 cm³/mol. The van der Waals surface area contributed by atoms with E-state index >= 15 is 0 Å². The van der Waals surface area contributed by atoms with Gasteiger partial charge in [-0.25, -0.2) is 4.39 Å². The van der Waals surface area contributed by atoms with E-state index in [1.165, 1.54) is 0 Å². The summed E-state index contributed by atoms with van der Waals surface area (Å²) < 4.78 is 18.7. The summed E-state index contributed by atoms with van der Waals surface area (Å²) in [5, 5.41) is 23.3. The molecular formula is C10H10BrFN2O4. The fourth-order valence-corrected chi connectivity index (χ4v) is 2.01. The first-order valence-electron chi connectivity index (χ1n) is 5.18. The van der Waals surface area contributed by atoms with Crippen LogP contribution in [0, 0.1) is 15.9 Å². The number of halogens is 2. The first-order chi connectivity index (χ1) is 8.49. The topological polar surface area (TPSA) is 84.6 Å². The molecule has 0 aromatic heterocycles. The van der Waals surface area contributed by atoms with E-state index in [0.717, 1.165) is 12.1 Å². The summed E-state index contributed by atoms with van der Waals surface area (Å²) in [4.78, 5) is 10.2. The second-order valence-electron chi connectivity index (χ2n) is 3.87. The van der Waals surface area contributed by atoms with E-state index in [0.29, 0.717) is 13.1 Å². The van der Waals surface area contributed by atoms with Crippen LogP contribution >= 0.6 is 15.9 Å². The van der Waals surface area contributed by atoms with E-state index in [1.54, 1.807) is 0 Å². The van der Waals surface area contributed by atoms with Crippen molar-refractivity contribution in [1.82, 2.24) is 5.32 Å². The molecule has 98 valence electrons. The van der Waals surface area contributed by atoms with Crippen LogP contribution in [-0.2, 0) is 0 Å². The van der Waals surface area contributed by atoms with Crippen molar-refractivity contribution in [3.05, 3.63) is 32.5 Å². The third kappa shape index (κ3) is 2.60. The van der Waals surface area contributed by atoms with Gasteiger partial charge in [-0.2, -0.15) is 0 Å². The molecule has 0 aliphatic carbocycles. The highest BCUT2D eigenvalue weighted by Gasteiger charge is 2.29. The van der Waals surface area contributed by atoms with Gasteiger partial charge in [-0.3, -0.25) is 10.1 Å². The Hall–Kier alpha value is -1.25. The van der Waals surface area contributed by atoms with Gasteiger partial charge in [-0.15, -0.1) is 0 Å². The van der Waals surface area contributed by atoms with E-state index in [9.17, 15) is 19.6 Å². The van der Waals surface area contributed by atoms with Crippen LogP contribution in [0.3, 0.4) is 0 Å². The van der Waals surface area contributed by atoms with Gasteiger partial charge < -0.3 is 15.2 Å². The normalized spacial score (nSPS) is 23.1. The Balaban J connectivity index is 2.30. The number of aliphatic hydroxyl groups excluding tert-OH is 1. The van der Waals surface area contributed by atoms with Crippen molar-refractivity contribution < 1.29 is 19.2 Å². The van der Waals surface area contributed by atoms with Crippen molar-refractivity contribution in [3.8, 4) is 5.75 Å². The van der Waals surface area contributed by atoms with Gasteiger partial charge >= 0.3 is 5.69 Å². The Morgan fingerprint density at radius 3 is 2.83 bits per heavy atom. The maximum absolute atomic E-state index is 13.4. The molecule has 1 heterocycles. The standard InChI is InChI=1S/C10H10BrFN2O4/c11-5-1-7(14(16)17)9(2-6(5)12)18-10-4-13-3-8(10)15/h1-2,8,10,13,15H,3-4H2. The number of nitro groups is 1. The van der Waals surface area contributed by atoms with Gasteiger partial charge in [0.25, 0.3) is 0 Å². The van der Waals surface area contributed by atoms with Gasteiger partial charge in [0, 0.05) is 25.2 Å². The Morgan fingerprint density at radius 1 is 1.56 bits per heavy atom. The zero-order chi connectivity index (χ0) is 13.3. The third-order valence-corrected chi connectivity index (χ3v) is 3.21. The molecular weight excluding hydrogens is 311 g/mol. The Kier molecular flexibility index (Phi) is 3.79. The van der Waals surface area contributed by atoms with Gasteiger partial charge in [-0.05, 0) is 15.9 Å². The summed E-state index contributed by atoms with van der Waals surface area (Å²) in [6.45, 7) is 0.702. The zero-order valence-corrected chi connectivity index (χ0v) is 10.7. The molecule has 18 heavy (non-hydrogen) atoms. The van der Waals surface area contributed by atoms with Gasteiger partial charge in [0.1, 0.15) is 18.0 Å². The molecule has 1 fully saturated rings. The number of benzene rings is 1. The number of ether oxygens (including phenoxy) is 1. The SMILES string of the molecule is O=[N+]([O-])c1cc(Br)c(F)cc1OC1CNCC1O. The van der Waals surface area contributed by atoms with Gasteiger partial charge in [0.05, 0.1) is 9.40 Å². The lowest BCUT2D eigenvalue weighted by molar-refractivity contribution is -0.386. The molecule has 8 heteroatoms. The van der Waals surface area contributed by atoms with Crippen LogP contribution in [0.4, 0.5) is 10.1 Å². The lowest BCUT2D eigenvalue weighted by atomic mass is 10.2. The maximum atomic E-state index is 13.4. The molecule has 2 N–H and O–H groups in total.